The SMILES string of the molecule is COC(=O)c1cc(Cc2ccccc2)sc1NC(=S)N1CCN(Cc2ccc(C)cc2)CC1. The topological polar surface area (TPSA) is 44.8 Å². The zero-order valence-corrected chi connectivity index (χ0v) is 20.7. The molecule has 1 N–H and O–H groups in total. The second-order valence-electron chi connectivity index (χ2n) is 8.29. The number of ether oxygens (including phenoxy) is 1. The van der Waals surface area contributed by atoms with Crippen LogP contribution in [-0.2, 0) is 17.7 Å². The monoisotopic (exact) mass is 479 g/mol. The van der Waals surface area contributed by atoms with Gasteiger partial charge in [0, 0.05) is 44.0 Å². The van der Waals surface area contributed by atoms with Crippen molar-refractivity contribution in [1.29, 1.82) is 0 Å². The number of piperazine rings is 1. The van der Waals surface area contributed by atoms with Gasteiger partial charge in [0.25, 0.3) is 0 Å². The molecule has 0 radical (unpaired) electrons. The van der Waals surface area contributed by atoms with E-state index in [2.05, 4.69) is 58.4 Å². The van der Waals surface area contributed by atoms with Crippen LogP contribution in [0.15, 0.2) is 60.7 Å². The average molecular weight is 480 g/mol. The maximum atomic E-state index is 12.4. The number of hydrogen-bond donors (Lipinski definition) is 1. The van der Waals surface area contributed by atoms with Crippen LogP contribution in [-0.4, -0.2) is 54.2 Å². The fraction of sp³-hybridized carbons (Fsp3) is 0.308. The molecule has 1 saturated heterocycles. The third kappa shape index (κ3) is 6.19. The van der Waals surface area contributed by atoms with Gasteiger partial charge in [-0.2, -0.15) is 0 Å². The summed E-state index contributed by atoms with van der Waals surface area (Å²) in [7, 11) is 1.41. The number of thiocarbonyl (C=S) groups is 1. The molecule has 2 aromatic carbocycles. The minimum absolute atomic E-state index is 0.348. The summed E-state index contributed by atoms with van der Waals surface area (Å²) >= 11 is 7.27. The van der Waals surface area contributed by atoms with E-state index in [1.165, 1.54) is 23.8 Å². The van der Waals surface area contributed by atoms with Crippen molar-refractivity contribution in [3.8, 4) is 0 Å². The molecule has 0 spiro atoms. The zero-order chi connectivity index (χ0) is 23.2. The van der Waals surface area contributed by atoms with Crippen molar-refractivity contribution in [1.82, 2.24) is 9.80 Å². The van der Waals surface area contributed by atoms with Gasteiger partial charge in [0.15, 0.2) is 5.11 Å². The van der Waals surface area contributed by atoms with E-state index in [-0.39, 0.29) is 5.97 Å². The minimum Gasteiger partial charge on any atom is -0.465 e. The number of esters is 1. The first-order chi connectivity index (χ1) is 16.0. The van der Waals surface area contributed by atoms with Crippen molar-refractivity contribution in [3.63, 3.8) is 0 Å². The molecule has 5 nitrogen and oxygen atoms in total. The van der Waals surface area contributed by atoms with Crippen LogP contribution >= 0.6 is 23.6 Å². The molecular formula is C26H29N3O2S2. The molecule has 1 aliphatic heterocycles. The van der Waals surface area contributed by atoms with Crippen molar-refractivity contribution < 1.29 is 9.53 Å². The summed E-state index contributed by atoms with van der Waals surface area (Å²) in [5, 5.41) is 4.73. The second kappa shape index (κ2) is 10.9. The van der Waals surface area contributed by atoms with Crippen LogP contribution < -0.4 is 5.32 Å². The Kier molecular flexibility index (Phi) is 7.75. The molecule has 0 amide bonds. The van der Waals surface area contributed by atoms with Crippen molar-refractivity contribution in [2.45, 2.75) is 19.9 Å². The highest BCUT2D eigenvalue weighted by molar-refractivity contribution is 7.80. The quantitative estimate of drug-likeness (QED) is 0.399. The van der Waals surface area contributed by atoms with Gasteiger partial charge in [-0.15, -0.1) is 11.3 Å². The number of nitrogens with zero attached hydrogens (tertiary/aromatic N) is 2. The predicted octanol–water partition coefficient (Wildman–Crippen LogP) is 4.95. The number of benzene rings is 2. The third-order valence-corrected chi connectivity index (χ3v) is 7.23. The summed E-state index contributed by atoms with van der Waals surface area (Å²) in [6.07, 6.45) is 0.766. The lowest BCUT2D eigenvalue weighted by atomic mass is 10.1. The Bertz CT molecular complexity index is 1090. The van der Waals surface area contributed by atoms with Crippen LogP contribution in [0.3, 0.4) is 0 Å². The molecule has 2 heterocycles. The lowest BCUT2D eigenvalue weighted by Crippen LogP contribution is -2.49. The number of thiophene rings is 1. The van der Waals surface area contributed by atoms with Crippen LogP contribution in [0.4, 0.5) is 5.00 Å². The Labute approximate surface area is 205 Å². The van der Waals surface area contributed by atoms with Gasteiger partial charge in [-0.1, -0.05) is 60.2 Å². The fourth-order valence-corrected chi connectivity index (χ4v) is 5.34. The Hall–Kier alpha value is -2.74. The predicted molar refractivity (Wildman–Crippen MR) is 139 cm³/mol. The number of hydrogen-bond acceptors (Lipinski definition) is 5. The summed E-state index contributed by atoms with van der Waals surface area (Å²) < 4.78 is 5.01. The first-order valence-corrected chi connectivity index (χ1v) is 12.3. The van der Waals surface area contributed by atoms with Crippen molar-refractivity contribution >= 4 is 39.6 Å². The van der Waals surface area contributed by atoms with E-state index in [1.54, 1.807) is 11.3 Å². The lowest BCUT2D eigenvalue weighted by Gasteiger charge is -2.36. The van der Waals surface area contributed by atoms with Crippen molar-refractivity contribution in [2.75, 3.05) is 38.6 Å². The van der Waals surface area contributed by atoms with Crippen LogP contribution in [0.5, 0.6) is 0 Å². The summed E-state index contributed by atoms with van der Waals surface area (Å²) in [5.41, 5.74) is 4.36. The van der Waals surface area contributed by atoms with E-state index >= 15 is 0 Å². The molecule has 0 unspecified atom stereocenters. The molecule has 0 atom stereocenters. The molecule has 1 fully saturated rings. The number of carbonyl (C=O) groups is 1. The maximum absolute atomic E-state index is 12.4. The largest absolute Gasteiger partial charge is 0.465 e. The number of nitrogens with one attached hydrogen (secondary N) is 1. The highest BCUT2D eigenvalue weighted by Gasteiger charge is 2.22. The van der Waals surface area contributed by atoms with Crippen molar-refractivity contribution in [3.05, 3.63) is 87.8 Å². The van der Waals surface area contributed by atoms with Gasteiger partial charge in [0.2, 0.25) is 0 Å². The van der Waals surface area contributed by atoms with E-state index in [9.17, 15) is 4.79 Å². The number of aryl methyl sites for hydroxylation is 1. The molecule has 172 valence electrons. The zero-order valence-electron chi connectivity index (χ0n) is 19.0. The smallest absolute Gasteiger partial charge is 0.340 e. The molecule has 1 aliphatic rings. The van der Waals surface area contributed by atoms with Gasteiger partial charge in [-0.3, -0.25) is 4.90 Å². The summed E-state index contributed by atoms with van der Waals surface area (Å²) in [6.45, 7) is 6.67. The lowest BCUT2D eigenvalue weighted by molar-refractivity contribution is 0.0602. The first kappa shape index (κ1) is 23.4. The number of carbonyl (C=O) groups excluding carboxylic acids is 1. The van der Waals surface area contributed by atoms with E-state index in [0.717, 1.165) is 49.0 Å². The van der Waals surface area contributed by atoms with Gasteiger partial charge >= 0.3 is 5.97 Å². The van der Waals surface area contributed by atoms with Gasteiger partial charge in [0.1, 0.15) is 5.00 Å². The molecule has 0 bridgehead atoms. The Morgan fingerprint density at radius 3 is 2.39 bits per heavy atom. The van der Waals surface area contributed by atoms with Crippen molar-refractivity contribution in [2.24, 2.45) is 0 Å². The van der Waals surface area contributed by atoms with Gasteiger partial charge in [-0.05, 0) is 36.3 Å². The Morgan fingerprint density at radius 1 is 1.03 bits per heavy atom. The number of rotatable bonds is 6. The highest BCUT2D eigenvalue weighted by Crippen LogP contribution is 2.31. The van der Waals surface area contributed by atoms with Gasteiger partial charge in [0.05, 0.1) is 12.7 Å². The van der Waals surface area contributed by atoms with Crippen LogP contribution in [0.2, 0.25) is 0 Å². The van der Waals surface area contributed by atoms with Gasteiger partial charge < -0.3 is 15.0 Å². The first-order valence-electron chi connectivity index (χ1n) is 11.1. The second-order valence-corrected chi connectivity index (χ2v) is 9.81. The van der Waals surface area contributed by atoms with Crippen LogP contribution in [0.25, 0.3) is 0 Å². The summed E-state index contributed by atoms with van der Waals surface area (Å²) in [6, 6.07) is 20.9. The number of methoxy groups -OCH3 is 1. The minimum atomic E-state index is -0.348. The molecule has 7 heteroatoms. The van der Waals surface area contributed by atoms with Gasteiger partial charge in [-0.25, -0.2) is 4.79 Å². The molecule has 1 aromatic heterocycles. The molecule has 33 heavy (non-hydrogen) atoms. The molecule has 0 aliphatic carbocycles. The highest BCUT2D eigenvalue weighted by atomic mass is 32.1. The third-order valence-electron chi connectivity index (χ3n) is 5.82. The Morgan fingerprint density at radius 2 is 1.73 bits per heavy atom. The fourth-order valence-electron chi connectivity index (χ4n) is 3.92. The summed E-state index contributed by atoms with van der Waals surface area (Å²) in [5.74, 6) is -0.348. The van der Waals surface area contributed by atoms with Crippen LogP contribution in [0, 0.1) is 6.92 Å². The average Bonchev–Trinajstić information content (AvgIpc) is 3.23. The molecular weight excluding hydrogens is 450 g/mol. The number of anilines is 1. The molecule has 0 saturated carbocycles. The summed E-state index contributed by atoms with van der Waals surface area (Å²) in [4.78, 5) is 18.1. The van der Waals surface area contributed by atoms with E-state index < -0.39 is 0 Å². The molecule has 3 aromatic rings. The maximum Gasteiger partial charge on any atom is 0.340 e. The van der Waals surface area contributed by atoms with Crippen LogP contribution in [0.1, 0.15) is 31.9 Å². The molecule has 4 rings (SSSR count). The Balaban J connectivity index is 1.37. The van der Waals surface area contributed by atoms with E-state index in [0.29, 0.717) is 10.7 Å². The normalized spacial score (nSPS) is 14.2. The van der Waals surface area contributed by atoms with E-state index in [4.69, 9.17) is 17.0 Å². The standard InChI is InChI=1S/C26H29N3O2S2/c1-19-8-10-21(11-9-19)18-28-12-14-29(15-13-28)26(32)27-24-23(25(30)31-2)17-22(33-24)16-20-6-4-3-5-7-20/h3-11,17H,12-16,18H2,1-2H3,(H,27,32). The van der Waals surface area contributed by atoms with E-state index in [1.807, 2.05) is 24.3 Å².